The Bertz CT molecular complexity index is 457. The van der Waals surface area contributed by atoms with Crippen LogP contribution >= 0.6 is 0 Å². The molecule has 4 heteroatoms. The van der Waals surface area contributed by atoms with Crippen LogP contribution in [0.4, 0.5) is 0 Å². The van der Waals surface area contributed by atoms with Crippen LogP contribution in [0.1, 0.15) is 132 Å². The summed E-state index contributed by atoms with van der Waals surface area (Å²) in [5, 5.41) is 0. The van der Waals surface area contributed by atoms with Gasteiger partial charge >= 0.3 is 0 Å². The maximum absolute atomic E-state index is 13.1. The second-order valence-electron chi connectivity index (χ2n) is 12.0. The van der Waals surface area contributed by atoms with Gasteiger partial charge in [0.15, 0.2) is 11.6 Å². The summed E-state index contributed by atoms with van der Waals surface area (Å²) in [7, 11) is 0. The van der Waals surface area contributed by atoms with Crippen molar-refractivity contribution in [2.45, 2.75) is 132 Å². The molecular weight excluding hydrogens is 418 g/mol. The van der Waals surface area contributed by atoms with Gasteiger partial charge in [0.05, 0.1) is 13.1 Å². The third-order valence-corrected chi connectivity index (χ3v) is 6.60. The van der Waals surface area contributed by atoms with Gasteiger partial charge in [-0.2, -0.15) is 0 Å². The van der Waals surface area contributed by atoms with Gasteiger partial charge in [-0.15, -0.1) is 0 Å². The van der Waals surface area contributed by atoms with Gasteiger partial charge in [0.1, 0.15) is 13.1 Å². The van der Waals surface area contributed by atoms with Crippen LogP contribution in [0.3, 0.4) is 0 Å². The van der Waals surface area contributed by atoms with Gasteiger partial charge in [-0.25, -0.2) is 0 Å². The van der Waals surface area contributed by atoms with Crippen LogP contribution in [0.2, 0.25) is 0 Å². The number of ketones is 2. The van der Waals surface area contributed by atoms with E-state index in [4.69, 9.17) is 0 Å². The Morgan fingerprint density at radius 3 is 1.09 bits per heavy atom. The summed E-state index contributed by atoms with van der Waals surface area (Å²) in [4.78, 5) is 26.3. The first kappa shape index (κ1) is 33.8. The smallest absolute Gasteiger partial charge is 0.192 e. The topological polar surface area (TPSA) is 34.1 Å². The first-order valence-electron chi connectivity index (χ1n) is 13.3. The average molecular weight is 474 g/mol. The van der Waals surface area contributed by atoms with Crippen LogP contribution in [0, 0.1) is 10.8 Å². The van der Waals surface area contributed by atoms with E-state index in [1.165, 1.54) is 64.2 Å². The van der Waals surface area contributed by atoms with Gasteiger partial charge in [0, 0.05) is 10.8 Å². The molecule has 0 spiro atoms. The number of Topliss-reactive ketones (excluding diaryl/α,β-unsaturated/α-hetero) is 2. The molecule has 0 atom stereocenters. The summed E-state index contributed by atoms with van der Waals surface area (Å²) in [6.07, 6.45) is 14.9. The van der Waals surface area contributed by atoms with Crippen molar-refractivity contribution in [3.05, 3.63) is 0 Å². The number of carbonyl (C=O) groups is 2. The monoisotopic (exact) mass is 473 g/mol. The van der Waals surface area contributed by atoms with Crippen molar-refractivity contribution >= 4 is 11.6 Å². The van der Waals surface area contributed by atoms with E-state index < -0.39 is 0 Å². The zero-order valence-corrected chi connectivity index (χ0v) is 23.7. The van der Waals surface area contributed by atoms with Crippen LogP contribution in [-0.4, -0.2) is 42.2 Å². The highest BCUT2D eigenvalue weighted by atomic mass is 35.5. The summed E-state index contributed by atoms with van der Waals surface area (Å²) in [5.41, 5.74) is -0.701. The fraction of sp³-hybridized carbons (Fsp3) is 0.929. The maximum atomic E-state index is 13.1. The normalized spacial score (nSPS) is 12.5. The predicted molar refractivity (Wildman–Crippen MR) is 135 cm³/mol. The molecule has 0 amide bonds. The van der Waals surface area contributed by atoms with E-state index in [1.54, 1.807) is 0 Å². The Balaban J connectivity index is 0. The van der Waals surface area contributed by atoms with Crippen molar-refractivity contribution in [2.24, 2.45) is 10.8 Å². The van der Waals surface area contributed by atoms with E-state index in [2.05, 4.69) is 13.8 Å². The van der Waals surface area contributed by atoms with E-state index in [9.17, 15) is 9.59 Å². The second kappa shape index (κ2) is 17.1. The van der Waals surface area contributed by atoms with Gasteiger partial charge in [0.25, 0.3) is 0 Å². The summed E-state index contributed by atoms with van der Waals surface area (Å²) < 4.78 is 0.674. The number of nitrogens with zero attached hydrogens (tertiary/aromatic N) is 1. The van der Waals surface area contributed by atoms with Crippen LogP contribution in [0.15, 0.2) is 0 Å². The van der Waals surface area contributed by atoms with E-state index in [0.717, 1.165) is 25.9 Å². The van der Waals surface area contributed by atoms with Crippen molar-refractivity contribution in [1.29, 1.82) is 0 Å². The van der Waals surface area contributed by atoms with Crippen molar-refractivity contribution < 1.29 is 26.5 Å². The Morgan fingerprint density at radius 1 is 0.531 bits per heavy atom. The fourth-order valence-corrected chi connectivity index (χ4v) is 4.02. The van der Waals surface area contributed by atoms with Crippen molar-refractivity contribution in [3.8, 4) is 0 Å². The highest BCUT2D eigenvalue weighted by Gasteiger charge is 2.38. The van der Waals surface area contributed by atoms with Gasteiger partial charge in [-0.3, -0.25) is 9.59 Å². The van der Waals surface area contributed by atoms with E-state index >= 15 is 0 Å². The summed E-state index contributed by atoms with van der Waals surface area (Å²) in [6.45, 7) is 19.6. The molecule has 0 rings (SSSR count). The number of hydrogen-bond acceptors (Lipinski definition) is 2. The lowest BCUT2D eigenvalue weighted by atomic mass is 9.87. The fourth-order valence-electron chi connectivity index (χ4n) is 4.02. The van der Waals surface area contributed by atoms with Crippen molar-refractivity contribution in [1.82, 2.24) is 0 Å². The Labute approximate surface area is 207 Å². The molecular formula is C28H56ClNO2. The molecule has 0 aliphatic carbocycles. The quantitative estimate of drug-likeness (QED) is 0.212. The molecule has 0 heterocycles. The van der Waals surface area contributed by atoms with E-state index in [-0.39, 0.29) is 23.2 Å². The molecule has 0 bridgehead atoms. The first-order valence-corrected chi connectivity index (χ1v) is 13.3. The van der Waals surface area contributed by atoms with Crippen LogP contribution in [0.25, 0.3) is 0 Å². The molecule has 0 radical (unpaired) electrons. The molecule has 0 aliphatic heterocycles. The summed E-state index contributed by atoms with van der Waals surface area (Å²) in [5.74, 6) is 0.595. The molecule has 3 nitrogen and oxygen atoms in total. The van der Waals surface area contributed by atoms with Gasteiger partial charge in [0.2, 0.25) is 0 Å². The van der Waals surface area contributed by atoms with Gasteiger partial charge in [-0.05, 0) is 25.7 Å². The third-order valence-electron chi connectivity index (χ3n) is 6.60. The number of quaternary nitrogens is 1. The molecule has 0 aromatic heterocycles. The number of hydrogen-bond donors (Lipinski definition) is 0. The standard InChI is InChI=1S/C28H56NO2.ClH/c1-9-11-13-15-17-19-21-29(23-25(30)27(3,4)5,24-26(31)28(6,7)8)22-20-18-16-14-12-10-2;/h9-24H2,1-8H3;1H/q+1;/p-1. The molecule has 0 aromatic rings. The molecule has 0 saturated heterocycles. The summed E-state index contributed by atoms with van der Waals surface area (Å²) in [6, 6.07) is 0. The van der Waals surface area contributed by atoms with E-state index in [1.807, 2.05) is 41.5 Å². The predicted octanol–water partition coefficient (Wildman–Crippen LogP) is 4.76. The SMILES string of the molecule is CCCCCCCC[N+](CCCCCCCC)(CC(=O)C(C)(C)C)CC(=O)C(C)(C)C.[Cl-]. The van der Waals surface area contributed by atoms with E-state index in [0.29, 0.717) is 29.1 Å². The first-order chi connectivity index (χ1) is 14.4. The average Bonchev–Trinajstić information content (AvgIpc) is 2.65. The molecule has 0 saturated carbocycles. The number of halogens is 1. The van der Waals surface area contributed by atoms with Crippen LogP contribution in [0.5, 0.6) is 0 Å². The molecule has 0 fully saturated rings. The highest BCUT2D eigenvalue weighted by molar-refractivity contribution is 5.86. The second-order valence-corrected chi connectivity index (χ2v) is 12.0. The zero-order chi connectivity index (χ0) is 24.0. The number of carbonyl (C=O) groups excluding carboxylic acids is 2. The van der Waals surface area contributed by atoms with Crippen molar-refractivity contribution in [3.63, 3.8) is 0 Å². The summed E-state index contributed by atoms with van der Waals surface area (Å²) >= 11 is 0. The van der Waals surface area contributed by atoms with Crippen LogP contribution < -0.4 is 12.4 Å². The Morgan fingerprint density at radius 2 is 0.812 bits per heavy atom. The van der Waals surface area contributed by atoms with Gasteiger partial charge in [-0.1, -0.05) is 107 Å². The largest absolute Gasteiger partial charge is 1.00 e. The third kappa shape index (κ3) is 15.4. The highest BCUT2D eigenvalue weighted by Crippen LogP contribution is 2.25. The Hall–Kier alpha value is -0.410. The zero-order valence-electron chi connectivity index (χ0n) is 23.0. The molecule has 0 unspecified atom stereocenters. The minimum atomic E-state index is -0.351. The molecule has 0 N–H and O–H groups in total. The minimum Gasteiger partial charge on any atom is -1.00 e. The molecule has 192 valence electrons. The molecule has 32 heavy (non-hydrogen) atoms. The molecule has 0 aliphatic rings. The molecule has 0 aromatic carbocycles. The van der Waals surface area contributed by atoms with Crippen LogP contribution in [-0.2, 0) is 9.59 Å². The minimum absolute atomic E-state index is 0. The van der Waals surface area contributed by atoms with Crippen molar-refractivity contribution in [2.75, 3.05) is 26.2 Å². The maximum Gasteiger partial charge on any atom is 0.192 e. The van der Waals surface area contributed by atoms with Gasteiger partial charge < -0.3 is 16.9 Å². The lowest BCUT2D eigenvalue weighted by Gasteiger charge is -2.40. The lowest BCUT2D eigenvalue weighted by Crippen LogP contribution is -3.00. The number of unbranched alkanes of at least 4 members (excludes halogenated alkanes) is 10. The Kier molecular flexibility index (Phi) is 18.0. The lowest BCUT2D eigenvalue weighted by molar-refractivity contribution is -0.914. The number of rotatable bonds is 18.